The smallest absolute Gasteiger partial charge is 0.256 e. The second kappa shape index (κ2) is 10.1. The van der Waals surface area contributed by atoms with Gasteiger partial charge in [0.1, 0.15) is 11.6 Å². The Morgan fingerprint density at radius 1 is 1.08 bits per heavy atom. The van der Waals surface area contributed by atoms with Crippen LogP contribution in [0.1, 0.15) is 59.6 Å². The third kappa shape index (κ3) is 4.97. The highest BCUT2D eigenvalue weighted by atomic mass is 19.1. The molecule has 0 radical (unpaired) electrons. The van der Waals surface area contributed by atoms with Crippen molar-refractivity contribution >= 4 is 17.6 Å². The van der Waals surface area contributed by atoms with Gasteiger partial charge in [-0.15, -0.1) is 0 Å². The number of H-pyrrole nitrogens is 1. The number of benzene rings is 2. The molecule has 2 aromatic heterocycles. The number of aromatic amines is 1. The lowest BCUT2D eigenvalue weighted by atomic mass is 9.88. The second-order valence-electron chi connectivity index (χ2n) is 10.8. The summed E-state index contributed by atoms with van der Waals surface area (Å²) in [6.07, 6.45) is 5.24. The minimum Gasteiger partial charge on any atom is -0.357 e. The van der Waals surface area contributed by atoms with Gasteiger partial charge in [0.05, 0.1) is 17.2 Å². The molecule has 1 fully saturated rings. The predicted molar refractivity (Wildman–Crippen MR) is 150 cm³/mol. The first-order chi connectivity index (χ1) is 18.9. The molecule has 0 saturated heterocycles. The Labute approximate surface area is 227 Å². The zero-order valence-corrected chi connectivity index (χ0v) is 22.1. The van der Waals surface area contributed by atoms with Crippen LogP contribution in [0.25, 0.3) is 22.4 Å². The molecule has 3 heterocycles. The van der Waals surface area contributed by atoms with Crippen LogP contribution in [0.4, 0.5) is 10.2 Å². The first-order valence-electron chi connectivity index (χ1n) is 13.5. The number of nitrogens with one attached hydrogen (secondary N) is 2. The van der Waals surface area contributed by atoms with Crippen LogP contribution in [0.2, 0.25) is 0 Å². The van der Waals surface area contributed by atoms with E-state index in [0.717, 1.165) is 51.5 Å². The maximum Gasteiger partial charge on any atom is 0.256 e. The normalized spacial score (nSPS) is 17.6. The number of anilines is 1. The van der Waals surface area contributed by atoms with Crippen LogP contribution < -0.4 is 5.32 Å². The van der Waals surface area contributed by atoms with Gasteiger partial charge >= 0.3 is 0 Å². The van der Waals surface area contributed by atoms with Gasteiger partial charge in [-0.05, 0) is 54.7 Å². The molecule has 0 bridgehead atoms. The van der Waals surface area contributed by atoms with Crippen LogP contribution in [-0.4, -0.2) is 40.3 Å². The largest absolute Gasteiger partial charge is 0.357 e. The van der Waals surface area contributed by atoms with E-state index in [2.05, 4.69) is 15.3 Å². The van der Waals surface area contributed by atoms with E-state index in [1.807, 2.05) is 54.4 Å². The standard InChI is InChI=1S/C32H31FN4O2/c1-19(21-10-12-25(33)13-11-21)31(38)35-26-17-23(14-15-34-26)29-27(22-6-4-3-5-7-22)28-30(36-29)24(16-20-8-9-20)18-37(2)32(28)39/h3-7,10-15,17,19-20,24,36H,8-9,16,18H2,1-2H3,(H,34,35,38). The highest BCUT2D eigenvalue weighted by Crippen LogP contribution is 2.46. The fourth-order valence-electron chi connectivity index (χ4n) is 5.59. The fourth-order valence-corrected chi connectivity index (χ4v) is 5.59. The molecule has 2 atom stereocenters. The Balaban J connectivity index is 1.39. The number of amides is 2. The summed E-state index contributed by atoms with van der Waals surface area (Å²) >= 11 is 0. The Hall–Kier alpha value is -4.26. The molecule has 1 saturated carbocycles. The number of carbonyl (C=O) groups is 2. The van der Waals surface area contributed by atoms with Crippen LogP contribution in [-0.2, 0) is 4.79 Å². The molecule has 2 unspecified atom stereocenters. The third-order valence-electron chi connectivity index (χ3n) is 7.93. The molecule has 1 aliphatic carbocycles. The van der Waals surface area contributed by atoms with E-state index in [9.17, 15) is 14.0 Å². The van der Waals surface area contributed by atoms with E-state index in [4.69, 9.17) is 0 Å². The number of likely N-dealkylation sites (N-methyl/N-ethyl adjacent to an activating group) is 1. The van der Waals surface area contributed by atoms with Gasteiger partial charge in [0.2, 0.25) is 5.91 Å². The van der Waals surface area contributed by atoms with Crippen molar-refractivity contribution in [3.8, 4) is 22.4 Å². The Bertz CT molecular complexity index is 1530. The van der Waals surface area contributed by atoms with Crippen molar-refractivity contribution < 1.29 is 14.0 Å². The molecule has 2 amide bonds. The molecule has 7 heteroatoms. The van der Waals surface area contributed by atoms with Crippen molar-refractivity contribution in [2.45, 2.75) is 38.0 Å². The summed E-state index contributed by atoms with van der Waals surface area (Å²) in [6.45, 7) is 2.48. The maximum absolute atomic E-state index is 13.6. The topological polar surface area (TPSA) is 78.1 Å². The van der Waals surface area contributed by atoms with Gasteiger partial charge in [0, 0.05) is 42.5 Å². The first kappa shape index (κ1) is 25.0. The average Bonchev–Trinajstić information content (AvgIpc) is 3.67. The Morgan fingerprint density at radius 3 is 2.54 bits per heavy atom. The molecule has 2 aromatic carbocycles. The summed E-state index contributed by atoms with van der Waals surface area (Å²) in [5, 5.41) is 2.91. The zero-order chi connectivity index (χ0) is 27.1. The summed E-state index contributed by atoms with van der Waals surface area (Å²) in [5.41, 5.74) is 5.99. The van der Waals surface area contributed by atoms with Gasteiger partial charge in [-0.2, -0.15) is 0 Å². The van der Waals surface area contributed by atoms with Crippen LogP contribution >= 0.6 is 0 Å². The molecular formula is C32H31FN4O2. The van der Waals surface area contributed by atoms with Crippen molar-refractivity contribution in [3.05, 3.63) is 95.6 Å². The number of pyridine rings is 1. The minimum absolute atomic E-state index is 0.0223. The Kier molecular flexibility index (Phi) is 6.51. The second-order valence-corrected chi connectivity index (χ2v) is 10.8. The number of nitrogens with zero attached hydrogens (tertiary/aromatic N) is 2. The Morgan fingerprint density at radius 2 is 1.82 bits per heavy atom. The van der Waals surface area contributed by atoms with Gasteiger partial charge in [0.25, 0.3) is 5.91 Å². The van der Waals surface area contributed by atoms with E-state index in [-0.39, 0.29) is 23.5 Å². The number of hydrogen-bond donors (Lipinski definition) is 2. The van der Waals surface area contributed by atoms with E-state index in [0.29, 0.717) is 12.4 Å². The number of hydrogen-bond acceptors (Lipinski definition) is 3. The number of aromatic nitrogens is 2. The van der Waals surface area contributed by atoms with Crippen LogP contribution in [0.15, 0.2) is 72.9 Å². The monoisotopic (exact) mass is 522 g/mol. The number of rotatable bonds is 7. The molecule has 6 rings (SSSR count). The summed E-state index contributed by atoms with van der Waals surface area (Å²) in [4.78, 5) is 36.5. The van der Waals surface area contributed by atoms with E-state index >= 15 is 0 Å². The number of carbonyl (C=O) groups excluding carboxylic acids is 2. The molecule has 198 valence electrons. The average molecular weight is 523 g/mol. The number of halogens is 1. The lowest BCUT2D eigenvalue weighted by Crippen LogP contribution is -2.37. The highest BCUT2D eigenvalue weighted by Gasteiger charge is 2.38. The molecule has 2 N–H and O–H groups in total. The third-order valence-corrected chi connectivity index (χ3v) is 7.93. The molecule has 4 aromatic rings. The van der Waals surface area contributed by atoms with Crippen molar-refractivity contribution in [1.82, 2.24) is 14.9 Å². The lowest BCUT2D eigenvalue weighted by molar-refractivity contribution is -0.117. The summed E-state index contributed by atoms with van der Waals surface area (Å²) in [6, 6.07) is 19.6. The highest BCUT2D eigenvalue weighted by molar-refractivity contribution is 6.07. The van der Waals surface area contributed by atoms with Crippen molar-refractivity contribution in [2.24, 2.45) is 5.92 Å². The summed E-state index contributed by atoms with van der Waals surface area (Å²) in [5.74, 6) is 0.357. The molecular weight excluding hydrogens is 491 g/mol. The van der Waals surface area contributed by atoms with Gasteiger partial charge in [0.15, 0.2) is 0 Å². The maximum atomic E-state index is 13.6. The van der Waals surface area contributed by atoms with Crippen LogP contribution in [0.5, 0.6) is 0 Å². The fraction of sp³-hybridized carbons (Fsp3) is 0.281. The van der Waals surface area contributed by atoms with Crippen LogP contribution in [0, 0.1) is 11.7 Å². The predicted octanol–water partition coefficient (Wildman–Crippen LogP) is 6.59. The van der Waals surface area contributed by atoms with E-state index in [1.165, 1.54) is 25.0 Å². The van der Waals surface area contributed by atoms with Gasteiger partial charge in [-0.1, -0.05) is 55.3 Å². The molecule has 39 heavy (non-hydrogen) atoms. The summed E-state index contributed by atoms with van der Waals surface area (Å²) in [7, 11) is 1.88. The van der Waals surface area contributed by atoms with Gasteiger partial charge < -0.3 is 15.2 Å². The van der Waals surface area contributed by atoms with E-state index < -0.39 is 5.92 Å². The lowest BCUT2D eigenvalue weighted by Gasteiger charge is -2.30. The quantitative estimate of drug-likeness (QED) is 0.287. The van der Waals surface area contributed by atoms with E-state index in [1.54, 1.807) is 25.3 Å². The molecule has 1 aliphatic heterocycles. The molecule has 0 spiro atoms. The molecule has 2 aliphatic rings. The van der Waals surface area contributed by atoms with Crippen molar-refractivity contribution in [3.63, 3.8) is 0 Å². The van der Waals surface area contributed by atoms with Gasteiger partial charge in [-0.25, -0.2) is 9.37 Å². The molecule has 6 nitrogen and oxygen atoms in total. The van der Waals surface area contributed by atoms with Crippen molar-refractivity contribution in [1.29, 1.82) is 0 Å². The van der Waals surface area contributed by atoms with Gasteiger partial charge in [-0.3, -0.25) is 9.59 Å². The first-order valence-corrected chi connectivity index (χ1v) is 13.5. The number of fused-ring (bicyclic) bond motifs is 1. The SMILES string of the molecule is CC(C(=O)Nc1cc(-c2[nH]c3c(c2-c2ccccc2)C(=O)N(C)CC3CC2CC2)ccn1)c1ccc(F)cc1. The van der Waals surface area contributed by atoms with Crippen LogP contribution in [0.3, 0.4) is 0 Å². The zero-order valence-electron chi connectivity index (χ0n) is 22.1. The van der Waals surface area contributed by atoms with Crippen molar-refractivity contribution in [2.75, 3.05) is 18.9 Å². The minimum atomic E-state index is -0.481. The summed E-state index contributed by atoms with van der Waals surface area (Å²) < 4.78 is 13.3.